The van der Waals surface area contributed by atoms with Gasteiger partial charge in [-0.1, -0.05) is 4.49 Å². The van der Waals surface area contributed by atoms with Crippen molar-refractivity contribution in [1.82, 2.24) is 15.0 Å². The Balaban J connectivity index is 2.52. The van der Waals surface area contributed by atoms with Gasteiger partial charge in [0.05, 0.1) is 17.1 Å². The zero-order valence-electron chi connectivity index (χ0n) is 6.53. The number of hydrazine groups is 1. The van der Waals surface area contributed by atoms with E-state index < -0.39 is 0 Å². The highest BCUT2D eigenvalue weighted by Crippen LogP contribution is 2.18. The first-order valence-corrected chi connectivity index (χ1v) is 4.32. The summed E-state index contributed by atoms with van der Waals surface area (Å²) in [5.74, 6) is 7.90. The van der Waals surface area contributed by atoms with Gasteiger partial charge in [-0.25, -0.2) is 0 Å². The highest BCUT2D eigenvalue weighted by atomic mass is 32.1. The molecule has 0 spiro atoms. The van der Waals surface area contributed by atoms with Gasteiger partial charge in [-0.05, 0) is 18.0 Å². The minimum Gasteiger partial charge on any atom is -0.271 e. The van der Waals surface area contributed by atoms with Crippen LogP contribution in [0.4, 0.5) is 0 Å². The van der Waals surface area contributed by atoms with Crippen LogP contribution in [0, 0.1) is 12.3 Å². The number of nitrogens with one attached hydrogen (secondary N) is 1. The van der Waals surface area contributed by atoms with Crippen LogP contribution in [0.3, 0.4) is 0 Å². The molecule has 64 valence electrons. The molecule has 0 aliphatic heterocycles. The summed E-state index contributed by atoms with van der Waals surface area (Å²) in [6.45, 7) is 0. The van der Waals surface area contributed by atoms with Crippen molar-refractivity contribution in [3.05, 3.63) is 11.1 Å². The summed E-state index contributed by atoms with van der Waals surface area (Å²) in [5.41, 5.74) is 2.67. The molecule has 1 atom stereocenters. The molecule has 0 fully saturated rings. The molecule has 1 unspecified atom stereocenters. The van der Waals surface area contributed by atoms with Gasteiger partial charge in [0.2, 0.25) is 0 Å². The van der Waals surface area contributed by atoms with Crippen LogP contribution in [0.5, 0.6) is 0 Å². The van der Waals surface area contributed by atoms with Gasteiger partial charge in [-0.2, -0.15) is 0 Å². The van der Waals surface area contributed by atoms with Gasteiger partial charge in [0.1, 0.15) is 0 Å². The SMILES string of the molecule is C#CCCC(NN)c1cnns1. The molecule has 1 heterocycles. The molecule has 5 heteroatoms. The van der Waals surface area contributed by atoms with E-state index in [1.807, 2.05) is 0 Å². The molecular formula is C7H10N4S. The molecule has 3 N–H and O–H groups in total. The van der Waals surface area contributed by atoms with Crippen molar-refractivity contribution in [2.45, 2.75) is 18.9 Å². The third-order valence-electron chi connectivity index (χ3n) is 1.50. The Morgan fingerprint density at radius 3 is 3.17 bits per heavy atom. The average Bonchev–Trinajstić information content (AvgIpc) is 2.59. The molecular weight excluding hydrogens is 172 g/mol. The minimum absolute atomic E-state index is 0.0843. The second kappa shape index (κ2) is 4.83. The molecule has 0 saturated carbocycles. The Labute approximate surface area is 75.3 Å². The molecule has 0 bridgehead atoms. The first-order valence-electron chi connectivity index (χ1n) is 3.55. The molecule has 0 aliphatic carbocycles. The predicted octanol–water partition coefficient (Wildman–Crippen LogP) is 0.456. The quantitative estimate of drug-likeness (QED) is 0.403. The lowest BCUT2D eigenvalue weighted by molar-refractivity contribution is 0.531. The third-order valence-corrected chi connectivity index (χ3v) is 2.28. The van der Waals surface area contributed by atoms with Crippen LogP contribution in [0.15, 0.2) is 6.20 Å². The Bertz CT molecular complexity index is 251. The van der Waals surface area contributed by atoms with Gasteiger partial charge >= 0.3 is 0 Å². The maximum atomic E-state index is 5.34. The molecule has 12 heavy (non-hydrogen) atoms. The van der Waals surface area contributed by atoms with Crippen molar-refractivity contribution < 1.29 is 0 Å². The topological polar surface area (TPSA) is 63.8 Å². The summed E-state index contributed by atoms with van der Waals surface area (Å²) in [4.78, 5) is 1.02. The van der Waals surface area contributed by atoms with E-state index in [9.17, 15) is 0 Å². The van der Waals surface area contributed by atoms with Gasteiger partial charge in [0, 0.05) is 6.42 Å². The molecule has 0 radical (unpaired) electrons. The molecule has 1 aromatic heterocycles. The standard InChI is InChI=1S/C7H10N4S/c1-2-3-4-6(10-8)7-5-9-11-12-7/h1,5-6,10H,3-4,8H2. The first kappa shape index (κ1) is 9.13. The number of nitrogens with zero attached hydrogens (tertiary/aromatic N) is 2. The van der Waals surface area contributed by atoms with Crippen LogP contribution in [0.25, 0.3) is 0 Å². The van der Waals surface area contributed by atoms with E-state index in [-0.39, 0.29) is 6.04 Å². The van der Waals surface area contributed by atoms with Gasteiger partial charge < -0.3 is 0 Å². The van der Waals surface area contributed by atoms with E-state index in [0.29, 0.717) is 6.42 Å². The number of rotatable bonds is 4. The Morgan fingerprint density at radius 2 is 2.67 bits per heavy atom. The Morgan fingerprint density at radius 1 is 1.83 bits per heavy atom. The van der Waals surface area contributed by atoms with Crippen molar-refractivity contribution in [2.24, 2.45) is 5.84 Å². The summed E-state index contributed by atoms with van der Waals surface area (Å²) in [6, 6.07) is 0.0843. The summed E-state index contributed by atoms with van der Waals surface area (Å²) in [5, 5.41) is 3.72. The molecule has 4 nitrogen and oxygen atoms in total. The van der Waals surface area contributed by atoms with Gasteiger partial charge in [-0.15, -0.1) is 17.4 Å². The second-order valence-electron chi connectivity index (χ2n) is 2.28. The van der Waals surface area contributed by atoms with Crippen molar-refractivity contribution >= 4 is 11.5 Å². The van der Waals surface area contributed by atoms with Crippen molar-refractivity contribution in [3.63, 3.8) is 0 Å². The average molecular weight is 182 g/mol. The summed E-state index contributed by atoms with van der Waals surface area (Å²) >= 11 is 1.33. The highest BCUT2D eigenvalue weighted by Gasteiger charge is 2.10. The fourth-order valence-electron chi connectivity index (χ4n) is 0.864. The van der Waals surface area contributed by atoms with Crippen molar-refractivity contribution in [1.29, 1.82) is 0 Å². The van der Waals surface area contributed by atoms with Crippen LogP contribution in [-0.2, 0) is 0 Å². The van der Waals surface area contributed by atoms with E-state index in [4.69, 9.17) is 12.3 Å². The molecule has 1 aromatic rings. The fourth-order valence-corrected chi connectivity index (χ4v) is 1.46. The zero-order valence-corrected chi connectivity index (χ0v) is 7.34. The largest absolute Gasteiger partial charge is 0.271 e. The number of nitrogens with two attached hydrogens (primary N) is 1. The number of hydrogen-bond donors (Lipinski definition) is 2. The lowest BCUT2D eigenvalue weighted by Crippen LogP contribution is -2.27. The number of hydrogen-bond acceptors (Lipinski definition) is 5. The van der Waals surface area contributed by atoms with Crippen molar-refractivity contribution in [2.75, 3.05) is 0 Å². The van der Waals surface area contributed by atoms with Gasteiger partial charge in [0.15, 0.2) is 0 Å². The van der Waals surface area contributed by atoms with E-state index in [1.165, 1.54) is 11.5 Å². The van der Waals surface area contributed by atoms with Crippen molar-refractivity contribution in [3.8, 4) is 12.3 Å². The fraction of sp³-hybridized carbons (Fsp3) is 0.429. The normalized spacial score (nSPS) is 12.3. The Hall–Kier alpha value is -0.960. The van der Waals surface area contributed by atoms with Crippen LogP contribution in [0.1, 0.15) is 23.8 Å². The smallest absolute Gasteiger partial charge is 0.0669 e. The first-order chi connectivity index (χ1) is 5.88. The number of terminal acetylenes is 1. The number of aromatic nitrogens is 2. The highest BCUT2D eigenvalue weighted by molar-refractivity contribution is 7.05. The summed E-state index contributed by atoms with van der Waals surface area (Å²) in [6.07, 6.45) is 8.36. The molecule has 1 rings (SSSR count). The van der Waals surface area contributed by atoms with E-state index >= 15 is 0 Å². The Kier molecular flexibility index (Phi) is 3.67. The minimum atomic E-state index is 0.0843. The van der Waals surface area contributed by atoms with E-state index in [2.05, 4.69) is 20.9 Å². The molecule has 0 amide bonds. The molecule has 0 saturated heterocycles. The molecule has 0 aliphatic rings. The van der Waals surface area contributed by atoms with Crippen LogP contribution >= 0.6 is 11.5 Å². The zero-order chi connectivity index (χ0) is 8.81. The maximum absolute atomic E-state index is 5.34. The van der Waals surface area contributed by atoms with E-state index in [0.717, 1.165) is 11.3 Å². The lowest BCUT2D eigenvalue weighted by Gasteiger charge is -2.10. The van der Waals surface area contributed by atoms with Gasteiger partial charge in [0.25, 0.3) is 0 Å². The third kappa shape index (κ3) is 2.27. The lowest BCUT2D eigenvalue weighted by atomic mass is 10.1. The van der Waals surface area contributed by atoms with Crippen LogP contribution < -0.4 is 11.3 Å². The molecule has 0 aromatic carbocycles. The van der Waals surface area contributed by atoms with Crippen LogP contribution in [-0.4, -0.2) is 9.59 Å². The summed E-state index contributed by atoms with van der Waals surface area (Å²) < 4.78 is 3.74. The summed E-state index contributed by atoms with van der Waals surface area (Å²) in [7, 11) is 0. The van der Waals surface area contributed by atoms with E-state index in [1.54, 1.807) is 6.20 Å². The van der Waals surface area contributed by atoms with Crippen LogP contribution in [0.2, 0.25) is 0 Å². The monoisotopic (exact) mass is 182 g/mol. The second-order valence-corrected chi connectivity index (χ2v) is 3.10. The maximum Gasteiger partial charge on any atom is 0.0669 e. The van der Waals surface area contributed by atoms with Gasteiger partial charge in [-0.3, -0.25) is 11.3 Å². The predicted molar refractivity (Wildman–Crippen MR) is 48.0 cm³/mol.